The van der Waals surface area contributed by atoms with Gasteiger partial charge in [0.15, 0.2) is 5.96 Å². The van der Waals surface area contributed by atoms with Gasteiger partial charge in [0.25, 0.3) is 0 Å². The van der Waals surface area contributed by atoms with Crippen LogP contribution in [0, 0.1) is 5.41 Å². The van der Waals surface area contributed by atoms with Crippen molar-refractivity contribution in [1.29, 1.82) is 5.41 Å². The van der Waals surface area contributed by atoms with E-state index in [0.29, 0.717) is 19.4 Å². The Morgan fingerprint density at radius 2 is 1.83 bits per heavy atom. The summed E-state index contributed by atoms with van der Waals surface area (Å²) in [6, 6.07) is -2.15. The first-order chi connectivity index (χ1) is 11.1. The molecule has 0 heterocycles. The molecule has 0 aliphatic rings. The highest BCUT2D eigenvalue weighted by atomic mass is 16.4. The summed E-state index contributed by atoms with van der Waals surface area (Å²) in [7, 11) is 1.24. The number of hydrogen-bond donors (Lipinski definition) is 7. The number of nitrogens with zero attached hydrogens (tertiary/aromatic N) is 1. The van der Waals surface area contributed by atoms with Crippen LogP contribution in [0.25, 0.3) is 0 Å². The van der Waals surface area contributed by atoms with Crippen LogP contribution < -0.4 is 27.6 Å². The summed E-state index contributed by atoms with van der Waals surface area (Å²) in [5, 5.41) is 18.2. The molecule has 0 aliphatic heterocycles. The van der Waals surface area contributed by atoms with E-state index in [1.807, 2.05) is 0 Å². The highest BCUT2D eigenvalue weighted by Crippen LogP contribution is 1.99. The van der Waals surface area contributed by atoms with E-state index in [4.69, 9.17) is 22.0 Å². The number of carbonyl (C=O) groups excluding carboxylic acids is 3. The predicted octanol–water partition coefficient (Wildman–Crippen LogP) is -2.36. The molecule has 0 unspecified atom stereocenters. The summed E-state index contributed by atoms with van der Waals surface area (Å²) in [6.07, 6.45) is 0.544. The Kier molecular flexibility index (Phi) is 9.48. The maximum atomic E-state index is 11.8. The number of guanidine groups is 1. The zero-order valence-electron chi connectivity index (χ0n) is 13.3. The average molecular weight is 345 g/mol. The normalized spacial score (nSPS) is 11.2. The second kappa shape index (κ2) is 10.8. The second-order valence-electron chi connectivity index (χ2n) is 4.88. The predicted molar refractivity (Wildman–Crippen MR) is 83.4 cm³/mol. The van der Waals surface area contributed by atoms with Crippen LogP contribution in [-0.2, 0) is 14.4 Å². The molecule has 0 fully saturated rings. The molecular formula is C12H23N7O5. The molecule has 0 saturated carbocycles. The molecule has 9 N–H and O–H groups in total. The largest absolute Gasteiger partial charge is 0.481 e. The Hall–Kier alpha value is -2.89. The fraction of sp³-hybridized carbons (Fsp3) is 0.583. The molecule has 136 valence electrons. The van der Waals surface area contributed by atoms with Gasteiger partial charge in [-0.25, -0.2) is 10.2 Å². The van der Waals surface area contributed by atoms with Gasteiger partial charge in [-0.3, -0.25) is 30.1 Å². The van der Waals surface area contributed by atoms with Crippen LogP contribution in [-0.4, -0.2) is 59.4 Å². The minimum absolute atomic E-state index is 0.0951. The third-order valence-electron chi connectivity index (χ3n) is 2.89. The lowest BCUT2D eigenvalue weighted by Gasteiger charge is -2.19. The lowest BCUT2D eigenvalue weighted by atomic mass is 10.2. The number of carbonyl (C=O) groups is 4. The summed E-state index contributed by atoms with van der Waals surface area (Å²) in [6.45, 7) is 0.440. The lowest BCUT2D eigenvalue weighted by Crippen LogP contribution is -2.54. The highest BCUT2D eigenvalue weighted by molar-refractivity contribution is 5.94. The van der Waals surface area contributed by atoms with E-state index in [1.54, 1.807) is 0 Å². The first kappa shape index (κ1) is 21.1. The van der Waals surface area contributed by atoms with Crippen LogP contribution in [0.3, 0.4) is 0 Å². The van der Waals surface area contributed by atoms with Crippen molar-refractivity contribution in [3.63, 3.8) is 0 Å². The minimum atomic E-state index is -1.30. The fourth-order valence-corrected chi connectivity index (χ4v) is 1.54. The van der Waals surface area contributed by atoms with Gasteiger partial charge in [0.05, 0.1) is 6.42 Å². The van der Waals surface area contributed by atoms with Crippen LogP contribution in [0.2, 0.25) is 0 Å². The number of nitrogens with one attached hydrogen (secondary N) is 4. The molecule has 0 bridgehead atoms. The van der Waals surface area contributed by atoms with Crippen LogP contribution in [0.15, 0.2) is 0 Å². The van der Waals surface area contributed by atoms with Crippen molar-refractivity contribution in [3.05, 3.63) is 0 Å². The van der Waals surface area contributed by atoms with Crippen LogP contribution >= 0.6 is 0 Å². The molecule has 0 spiro atoms. The van der Waals surface area contributed by atoms with Crippen molar-refractivity contribution >= 4 is 29.8 Å². The number of amides is 4. The summed E-state index contributed by atoms with van der Waals surface area (Å²) in [5.74, 6) is -2.85. The number of nitrogens with two attached hydrogens (primary N) is 2. The van der Waals surface area contributed by atoms with Crippen molar-refractivity contribution in [3.8, 4) is 0 Å². The first-order valence-electron chi connectivity index (χ1n) is 7.06. The van der Waals surface area contributed by atoms with Crippen molar-refractivity contribution < 1.29 is 24.3 Å². The summed E-state index contributed by atoms with van der Waals surface area (Å²) in [4.78, 5) is 45.9. The van der Waals surface area contributed by atoms with E-state index in [0.717, 1.165) is 4.90 Å². The van der Waals surface area contributed by atoms with Crippen molar-refractivity contribution in [2.24, 2.45) is 11.5 Å². The number of imide groups is 1. The molecule has 12 nitrogen and oxygen atoms in total. The van der Waals surface area contributed by atoms with E-state index < -0.39 is 36.3 Å². The smallest absolute Gasteiger partial charge is 0.338 e. The number of urea groups is 1. The van der Waals surface area contributed by atoms with E-state index in [9.17, 15) is 19.2 Å². The Balaban J connectivity index is 4.19. The van der Waals surface area contributed by atoms with Gasteiger partial charge in [0, 0.05) is 20.0 Å². The number of aliphatic carboxylic acids is 1. The number of primary amides is 1. The molecule has 0 aromatic rings. The van der Waals surface area contributed by atoms with Gasteiger partial charge in [-0.1, -0.05) is 0 Å². The maximum Gasteiger partial charge on any atom is 0.338 e. The van der Waals surface area contributed by atoms with Gasteiger partial charge >= 0.3 is 12.0 Å². The lowest BCUT2D eigenvalue weighted by molar-refractivity contribution is -0.139. The molecule has 0 aliphatic carbocycles. The van der Waals surface area contributed by atoms with E-state index in [2.05, 4.69) is 16.2 Å². The van der Waals surface area contributed by atoms with Crippen molar-refractivity contribution in [2.45, 2.75) is 31.7 Å². The van der Waals surface area contributed by atoms with Crippen molar-refractivity contribution in [1.82, 2.24) is 21.1 Å². The number of unbranched alkanes of at least 4 members (excludes halogenated alkanes) is 1. The first-order valence-corrected chi connectivity index (χ1v) is 7.06. The number of carboxylic acid groups (broad SMARTS) is 1. The molecule has 0 rings (SSSR count). The number of hydrogen-bond acceptors (Lipinski definition) is 6. The topological polar surface area (TPSA) is 204 Å². The quantitative estimate of drug-likeness (QED) is 0.0984. The molecule has 12 heteroatoms. The van der Waals surface area contributed by atoms with Gasteiger partial charge < -0.3 is 21.9 Å². The van der Waals surface area contributed by atoms with Crippen LogP contribution in [0.1, 0.15) is 25.7 Å². The third-order valence-corrected chi connectivity index (χ3v) is 2.89. The minimum Gasteiger partial charge on any atom is -0.481 e. The van der Waals surface area contributed by atoms with Gasteiger partial charge in [-0.2, -0.15) is 0 Å². The zero-order chi connectivity index (χ0) is 18.7. The third kappa shape index (κ3) is 9.19. The zero-order valence-corrected chi connectivity index (χ0v) is 13.3. The Bertz CT molecular complexity index is 496. The summed E-state index contributed by atoms with van der Waals surface area (Å²) < 4.78 is 0. The number of hydrazine groups is 1. The molecular weight excluding hydrogens is 322 g/mol. The highest BCUT2D eigenvalue weighted by Gasteiger charge is 2.21. The van der Waals surface area contributed by atoms with Gasteiger partial charge in [-0.05, 0) is 12.8 Å². The molecule has 4 amide bonds. The second-order valence-corrected chi connectivity index (χ2v) is 4.88. The van der Waals surface area contributed by atoms with Gasteiger partial charge in [0.1, 0.15) is 6.04 Å². The van der Waals surface area contributed by atoms with Gasteiger partial charge in [0.2, 0.25) is 11.8 Å². The Labute approximate surface area is 138 Å². The van der Waals surface area contributed by atoms with Gasteiger partial charge in [-0.15, -0.1) is 0 Å². The number of carboxylic acids is 1. The Morgan fingerprint density at radius 3 is 2.33 bits per heavy atom. The molecule has 0 aromatic carbocycles. The Morgan fingerprint density at radius 1 is 1.21 bits per heavy atom. The van der Waals surface area contributed by atoms with E-state index in [-0.39, 0.29) is 12.4 Å². The molecule has 0 saturated heterocycles. The monoisotopic (exact) mass is 345 g/mol. The van der Waals surface area contributed by atoms with Crippen LogP contribution in [0.4, 0.5) is 4.79 Å². The summed E-state index contributed by atoms with van der Waals surface area (Å²) >= 11 is 0. The molecule has 0 aromatic heterocycles. The van der Waals surface area contributed by atoms with E-state index in [1.165, 1.54) is 7.05 Å². The molecule has 0 radical (unpaired) electrons. The van der Waals surface area contributed by atoms with E-state index >= 15 is 0 Å². The maximum absolute atomic E-state index is 11.8. The standard InChI is InChI=1S/C12H23N7O5/c1-19(8(20)4-2-3-5-16-11(14)15)12(24)18-17-7(10(13)23)6-9(21)22/h7,17H,2-6H2,1H3,(H2,13,23)(H,18,24)(H,21,22)(H4,14,15,16)/t7-/m0/s1. The average Bonchev–Trinajstić information content (AvgIpc) is 2.48. The van der Waals surface area contributed by atoms with Crippen LogP contribution in [0.5, 0.6) is 0 Å². The number of rotatable bonds is 10. The SMILES string of the molecule is CN(C(=O)CCCCNC(=N)N)C(=O)NN[C@@H](CC(=O)O)C(N)=O. The fourth-order valence-electron chi connectivity index (χ4n) is 1.54. The molecule has 24 heavy (non-hydrogen) atoms. The van der Waals surface area contributed by atoms with Crippen molar-refractivity contribution in [2.75, 3.05) is 13.6 Å². The summed E-state index contributed by atoms with van der Waals surface area (Å²) in [5.41, 5.74) is 14.3. The molecule has 1 atom stereocenters.